The maximum atomic E-state index is 5.93. The molecule has 0 saturated heterocycles. The number of ether oxygens (including phenoxy) is 2. The zero-order valence-corrected chi connectivity index (χ0v) is 16.5. The van der Waals surface area contributed by atoms with E-state index in [1.54, 1.807) is 20.3 Å². The zero-order valence-electron chi connectivity index (χ0n) is 13.4. The number of nitrogens with two attached hydrogens (primary N) is 1. The molecule has 1 heterocycles. The molecule has 0 fully saturated rings. The van der Waals surface area contributed by atoms with Gasteiger partial charge < -0.3 is 15.2 Å². The van der Waals surface area contributed by atoms with Crippen LogP contribution in [-0.4, -0.2) is 24.2 Å². The van der Waals surface area contributed by atoms with Gasteiger partial charge in [0, 0.05) is 26.0 Å². The minimum absolute atomic E-state index is 0.198. The summed E-state index contributed by atoms with van der Waals surface area (Å²) < 4.78 is 12.6. The second-order valence-corrected chi connectivity index (χ2v) is 6.97. The fourth-order valence-corrected chi connectivity index (χ4v) is 4.38. The van der Waals surface area contributed by atoms with E-state index in [-0.39, 0.29) is 5.95 Å². The highest BCUT2D eigenvalue weighted by molar-refractivity contribution is 9.11. The highest BCUT2D eigenvalue weighted by Crippen LogP contribution is 2.41. The summed E-state index contributed by atoms with van der Waals surface area (Å²) in [6.07, 6.45) is 0. The minimum atomic E-state index is 0.198. The molecule has 0 aliphatic rings. The number of rotatable bonds is 3. The van der Waals surface area contributed by atoms with Crippen molar-refractivity contribution in [2.75, 3.05) is 20.0 Å². The van der Waals surface area contributed by atoms with Crippen LogP contribution >= 0.6 is 31.9 Å². The lowest BCUT2D eigenvalue weighted by Gasteiger charge is -2.14. The number of nitrogen functional groups attached to an aromatic ring is 1. The highest BCUT2D eigenvalue weighted by Gasteiger charge is 2.18. The third kappa shape index (κ3) is 2.93. The standard InChI is InChI=1S/C17H15Br2N3O2/c1-8-4-10(18)15(11(19)5-8)16-9-6-13(23-2)14(24-3)7-12(9)21-17(20)22-16/h4-7H,1-3H3,(H2,20,21,22). The number of aryl methyl sites for hydroxylation is 1. The molecule has 1 aromatic heterocycles. The molecule has 0 saturated carbocycles. The van der Waals surface area contributed by atoms with Crippen LogP contribution in [0.5, 0.6) is 11.5 Å². The van der Waals surface area contributed by atoms with E-state index < -0.39 is 0 Å². The summed E-state index contributed by atoms with van der Waals surface area (Å²) in [6.45, 7) is 2.03. The Balaban J connectivity index is 2.40. The van der Waals surface area contributed by atoms with Gasteiger partial charge in [-0.1, -0.05) is 31.9 Å². The molecule has 0 atom stereocenters. The van der Waals surface area contributed by atoms with Gasteiger partial charge in [0.15, 0.2) is 11.5 Å². The Kier molecular flexibility index (Phi) is 4.64. The molecule has 124 valence electrons. The van der Waals surface area contributed by atoms with Gasteiger partial charge in [0.25, 0.3) is 0 Å². The lowest BCUT2D eigenvalue weighted by atomic mass is 10.0. The predicted molar refractivity (Wildman–Crippen MR) is 103 cm³/mol. The molecule has 0 spiro atoms. The normalized spacial score (nSPS) is 10.9. The molecule has 3 aromatic rings. The maximum Gasteiger partial charge on any atom is 0.221 e. The average Bonchev–Trinajstić information content (AvgIpc) is 2.52. The van der Waals surface area contributed by atoms with Crippen molar-refractivity contribution in [2.45, 2.75) is 6.92 Å². The van der Waals surface area contributed by atoms with Gasteiger partial charge in [0.1, 0.15) is 0 Å². The number of benzene rings is 2. The molecule has 0 unspecified atom stereocenters. The van der Waals surface area contributed by atoms with E-state index in [4.69, 9.17) is 15.2 Å². The van der Waals surface area contributed by atoms with Gasteiger partial charge in [-0.05, 0) is 30.7 Å². The van der Waals surface area contributed by atoms with Gasteiger partial charge in [-0.3, -0.25) is 0 Å². The summed E-state index contributed by atoms with van der Waals surface area (Å²) in [5, 5.41) is 0.826. The van der Waals surface area contributed by atoms with Crippen LogP contribution in [0, 0.1) is 6.92 Å². The number of aromatic nitrogens is 2. The van der Waals surface area contributed by atoms with Crippen molar-refractivity contribution in [1.29, 1.82) is 0 Å². The fraction of sp³-hybridized carbons (Fsp3) is 0.176. The first-order chi connectivity index (χ1) is 11.4. The van der Waals surface area contributed by atoms with Crippen LogP contribution in [0.15, 0.2) is 33.2 Å². The second kappa shape index (κ2) is 6.57. The molecule has 3 rings (SSSR count). The average molecular weight is 453 g/mol. The molecular weight excluding hydrogens is 438 g/mol. The van der Waals surface area contributed by atoms with E-state index in [0.29, 0.717) is 17.0 Å². The van der Waals surface area contributed by atoms with Crippen LogP contribution in [0.25, 0.3) is 22.2 Å². The van der Waals surface area contributed by atoms with E-state index in [1.807, 2.05) is 25.1 Å². The number of anilines is 1. The lowest BCUT2D eigenvalue weighted by molar-refractivity contribution is 0.356. The molecule has 2 N–H and O–H groups in total. The second-order valence-electron chi connectivity index (χ2n) is 5.26. The molecule has 24 heavy (non-hydrogen) atoms. The number of halogens is 2. The number of nitrogens with zero attached hydrogens (tertiary/aromatic N) is 2. The van der Waals surface area contributed by atoms with E-state index in [9.17, 15) is 0 Å². The predicted octanol–water partition coefficient (Wildman–Crippen LogP) is 4.73. The Hall–Kier alpha value is -1.86. The largest absolute Gasteiger partial charge is 0.493 e. The van der Waals surface area contributed by atoms with Gasteiger partial charge in [0.2, 0.25) is 5.95 Å². The molecule has 0 bridgehead atoms. The van der Waals surface area contributed by atoms with Gasteiger partial charge in [-0.2, -0.15) is 0 Å². The summed E-state index contributed by atoms with van der Waals surface area (Å²) in [5.74, 6) is 1.40. The fourth-order valence-electron chi connectivity index (χ4n) is 2.59. The Morgan fingerprint density at radius 3 is 2.08 bits per heavy atom. The molecule has 0 radical (unpaired) electrons. The molecule has 0 aliphatic carbocycles. The van der Waals surface area contributed by atoms with Crippen LogP contribution in [0.1, 0.15) is 5.56 Å². The topological polar surface area (TPSA) is 70.3 Å². The van der Waals surface area contributed by atoms with Gasteiger partial charge in [-0.15, -0.1) is 0 Å². The quantitative estimate of drug-likeness (QED) is 0.621. The van der Waals surface area contributed by atoms with Crippen molar-refractivity contribution in [3.63, 3.8) is 0 Å². The summed E-state index contributed by atoms with van der Waals surface area (Å²) >= 11 is 7.24. The molecule has 7 heteroatoms. The Morgan fingerprint density at radius 1 is 0.917 bits per heavy atom. The molecule has 0 amide bonds. The number of hydrogen-bond donors (Lipinski definition) is 1. The summed E-state index contributed by atoms with van der Waals surface area (Å²) in [6, 6.07) is 7.73. The van der Waals surface area contributed by atoms with Crippen LogP contribution in [0.2, 0.25) is 0 Å². The van der Waals surface area contributed by atoms with Crippen molar-refractivity contribution in [1.82, 2.24) is 9.97 Å². The molecule has 5 nitrogen and oxygen atoms in total. The van der Waals surface area contributed by atoms with Gasteiger partial charge in [0.05, 0.1) is 25.4 Å². The number of fused-ring (bicyclic) bond motifs is 1. The number of methoxy groups -OCH3 is 2. The Morgan fingerprint density at radius 2 is 1.50 bits per heavy atom. The zero-order chi connectivity index (χ0) is 17.4. The first-order valence-corrected chi connectivity index (χ1v) is 8.68. The third-order valence-corrected chi connectivity index (χ3v) is 4.89. The van der Waals surface area contributed by atoms with Gasteiger partial charge in [-0.25, -0.2) is 9.97 Å². The van der Waals surface area contributed by atoms with E-state index >= 15 is 0 Å². The first kappa shape index (κ1) is 17.0. The van der Waals surface area contributed by atoms with Crippen molar-refractivity contribution < 1.29 is 9.47 Å². The van der Waals surface area contributed by atoms with Crippen LogP contribution in [-0.2, 0) is 0 Å². The van der Waals surface area contributed by atoms with Crippen LogP contribution in [0.4, 0.5) is 5.95 Å². The Bertz CT molecular complexity index is 922. The molecule has 2 aromatic carbocycles. The van der Waals surface area contributed by atoms with Crippen LogP contribution < -0.4 is 15.2 Å². The number of hydrogen-bond acceptors (Lipinski definition) is 5. The van der Waals surface area contributed by atoms with Crippen molar-refractivity contribution in [3.8, 4) is 22.8 Å². The summed E-state index contributed by atoms with van der Waals surface area (Å²) in [5.41, 5.74) is 9.38. The SMILES string of the molecule is COc1cc2nc(N)nc(-c3c(Br)cc(C)cc3Br)c2cc1OC. The summed E-state index contributed by atoms with van der Waals surface area (Å²) in [4.78, 5) is 8.79. The van der Waals surface area contributed by atoms with Gasteiger partial charge >= 0.3 is 0 Å². The molecular formula is C17H15Br2N3O2. The van der Waals surface area contributed by atoms with E-state index in [0.717, 1.165) is 31.2 Å². The van der Waals surface area contributed by atoms with Crippen molar-refractivity contribution in [2.24, 2.45) is 0 Å². The van der Waals surface area contributed by atoms with E-state index in [1.165, 1.54) is 0 Å². The lowest BCUT2D eigenvalue weighted by Crippen LogP contribution is -2.00. The van der Waals surface area contributed by atoms with Crippen molar-refractivity contribution in [3.05, 3.63) is 38.8 Å². The summed E-state index contributed by atoms with van der Waals surface area (Å²) in [7, 11) is 3.18. The smallest absolute Gasteiger partial charge is 0.221 e. The monoisotopic (exact) mass is 451 g/mol. The van der Waals surface area contributed by atoms with Crippen LogP contribution in [0.3, 0.4) is 0 Å². The maximum absolute atomic E-state index is 5.93. The highest BCUT2D eigenvalue weighted by atomic mass is 79.9. The van der Waals surface area contributed by atoms with Crippen molar-refractivity contribution >= 4 is 48.7 Å². The third-order valence-electron chi connectivity index (χ3n) is 3.64. The Labute approximate surface area is 156 Å². The van der Waals surface area contributed by atoms with E-state index in [2.05, 4.69) is 41.8 Å². The minimum Gasteiger partial charge on any atom is -0.493 e. The molecule has 0 aliphatic heterocycles. The first-order valence-electron chi connectivity index (χ1n) is 7.10.